The number of aryl methyl sites for hydroxylation is 1. The van der Waals surface area contributed by atoms with Crippen LogP contribution in [0.25, 0.3) is 16.6 Å². The second-order valence-corrected chi connectivity index (χ2v) is 9.27. The van der Waals surface area contributed by atoms with Crippen LogP contribution in [0.3, 0.4) is 0 Å². The molecule has 1 saturated carbocycles. The highest BCUT2D eigenvalue weighted by molar-refractivity contribution is 7.80. The Morgan fingerprint density at radius 2 is 2.06 bits per heavy atom. The molecule has 7 nitrogen and oxygen atoms in total. The second kappa shape index (κ2) is 9.04. The van der Waals surface area contributed by atoms with Crippen molar-refractivity contribution < 1.29 is 4.74 Å². The van der Waals surface area contributed by atoms with Crippen LogP contribution in [0.15, 0.2) is 24.3 Å². The standard InChI is InChI=1S/C23H30N6OS/c1-16-9-10-21-17(12-16)13-18(22-25-26-27-29(21)22)15-28(19-6-3-2-4-7-19)23(31)24-14-20-8-5-11-30-20/h9-10,12-13,19-20H,2-8,11,14-15H2,1H3,(H,24,31)/t20-/m0/s1. The van der Waals surface area contributed by atoms with Crippen molar-refractivity contribution >= 4 is 33.9 Å². The zero-order valence-corrected chi connectivity index (χ0v) is 18.9. The molecule has 1 saturated heterocycles. The molecule has 164 valence electrons. The summed E-state index contributed by atoms with van der Waals surface area (Å²) in [7, 11) is 0. The van der Waals surface area contributed by atoms with Gasteiger partial charge in [-0.3, -0.25) is 0 Å². The fourth-order valence-electron chi connectivity index (χ4n) is 4.95. The van der Waals surface area contributed by atoms with Crippen molar-refractivity contribution in [3.63, 3.8) is 0 Å². The van der Waals surface area contributed by atoms with E-state index in [-0.39, 0.29) is 6.10 Å². The van der Waals surface area contributed by atoms with E-state index in [1.165, 1.54) is 37.7 Å². The number of aromatic nitrogens is 4. The molecule has 1 aliphatic carbocycles. The molecule has 1 aromatic carbocycles. The molecular formula is C23H30N6OS. The Kier molecular flexibility index (Phi) is 6.00. The van der Waals surface area contributed by atoms with E-state index in [9.17, 15) is 0 Å². The van der Waals surface area contributed by atoms with Crippen molar-refractivity contribution in [2.75, 3.05) is 13.2 Å². The van der Waals surface area contributed by atoms with E-state index < -0.39 is 0 Å². The van der Waals surface area contributed by atoms with Gasteiger partial charge < -0.3 is 15.0 Å². The predicted octanol–water partition coefficient (Wildman–Crippen LogP) is 3.77. The zero-order valence-electron chi connectivity index (χ0n) is 18.1. The van der Waals surface area contributed by atoms with Crippen LogP contribution in [0.4, 0.5) is 0 Å². The van der Waals surface area contributed by atoms with Crippen LogP contribution in [0.5, 0.6) is 0 Å². The second-order valence-electron chi connectivity index (χ2n) is 8.89. The fraction of sp³-hybridized carbons (Fsp3) is 0.565. The molecular weight excluding hydrogens is 408 g/mol. The van der Waals surface area contributed by atoms with Gasteiger partial charge in [0.05, 0.1) is 11.6 Å². The molecule has 0 unspecified atom stereocenters. The number of thiocarbonyl (C=S) groups is 1. The van der Waals surface area contributed by atoms with Gasteiger partial charge in [-0.05, 0) is 73.5 Å². The highest BCUT2D eigenvalue weighted by Gasteiger charge is 2.26. The molecule has 1 N–H and O–H groups in total. The molecule has 0 radical (unpaired) electrons. The average Bonchev–Trinajstić information content (AvgIpc) is 3.48. The van der Waals surface area contributed by atoms with Gasteiger partial charge >= 0.3 is 0 Å². The molecule has 0 spiro atoms. The van der Waals surface area contributed by atoms with Crippen molar-refractivity contribution in [3.8, 4) is 0 Å². The Bertz CT molecular complexity index is 1070. The fourth-order valence-corrected chi connectivity index (χ4v) is 5.25. The first kappa shape index (κ1) is 20.6. The monoisotopic (exact) mass is 438 g/mol. The van der Waals surface area contributed by atoms with E-state index in [4.69, 9.17) is 17.0 Å². The van der Waals surface area contributed by atoms with Gasteiger partial charge in [0, 0.05) is 36.7 Å². The van der Waals surface area contributed by atoms with Gasteiger partial charge in [0.25, 0.3) is 0 Å². The number of nitrogens with zero attached hydrogens (tertiary/aromatic N) is 5. The van der Waals surface area contributed by atoms with E-state index in [1.807, 2.05) is 4.52 Å². The van der Waals surface area contributed by atoms with Crippen molar-refractivity contribution in [3.05, 3.63) is 35.4 Å². The third-order valence-electron chi connectivity index (χ3n) is 6.62. The summed E-state index contributed by atoms with van der Waals surface area (Å²) in [5.74, 6) is 0. The van der Waals surface area contributed by atoms with Gasteiger partial charge in [0.1, 0.15) is 0 Å². The summed E-state index contributed by atoms with van der Waals surface area (Å²) >= 11 is 5.91. The number of ether oxygens (including phenoxy) is 1. The van der Waals surface area contributed by atoms with Gasteiger partial charge in [-0.1, -0.05) is 30.9 Å². The lowest BCUT2D eigenvalue weighted by Gasteiger charge is -2.36. The predicted molar refractivity (Wildman–Crippen MR) is 125 cm³/mol. The van der Waals surface area contributed by atoms with E-state index in [0.29, 0.717) is 12.6 Å². The van der Waals surface area contributed by atoms with Crippen molar-refractivity contribution in [1.82, 2.24) is 30.3 Å². The molecule has 1 atom stereocenters. The number of pyridine rings is 1. The maximum absolute atomic E-state index is 5.91. The number of fused-ring (bicyclic) bond motifs is 3. The highest BCUT2D eigenvalue weighted by Crippen LogP contribution is 2.27. The minimum absolute atomic E-state index is 0.266. The van der Waals surface area contributed by atoms with Crippen LogP contribution in [0, 0.1) is 6.92 Å². The molecule has 0 amide bonds. The van der Waals surface area contributed by atoms with Crippen molar-refractivity contribution in [1.29, 1.82) is 0 Å². The number of hydrogen-bond acceptors (Lipinski definition) is 5. The Hall–Kier alpha value is -2.32. The van der Waals surface area contributed by atoms with Crippen molar-refractivity contribution in [2.24, 2.45) is 0 Å². The van der Waals surface area contributed by atoms with Crippen molar-refractivity contribution in [2.45, 2.75) is 70.6 Å². The molecule has 3 heterocycles. The van der Waals surface area contributed by atoms with Crippen LogP contribution in [-0.4, -0.2) is 55.4 Å². The highest BCUT2D eigenvalue weighted by atomic mass is 32.1. The lowest BCUT2D eigenvalue weighted by Crippen LogP contribution is -2.48. The SMILES string of the molecule is Cc1ccc2c(c1)cc(CN(C(=S)NC[C@@H]1CCCO1)C1CCCCC1)c1nnnn12. The summed E-state index contributed by atoms with van der Waals surface area (Å²) in [6.45, 7) is 4.46. The zero-order chi connectivity index (χ0) is 21.2. The third-order valence-corrected chi connectivity index (χ3v) is 7.00. The molecule has 5 rings (SSSR count). The summed E-state index contributed by atoms with van der Waals surface area (Å²) in [6, 6.07) is 9.06. The molecule has 2 fully saturated rings. The largest absolute Gasteiger partial charge is 0.376 e. The molecule has 3 aromatic rings. The number of nitrogens with one attached hydrogen (secondary N) is 1. The maximum atomic E-state index is 5.91. The first-order valence-electron chi connectivity index (χ1n) is 11.5. The van der Waals surface area contributed by atoms with Gasteiger partial charge in [0.2, 0.25) is 0 Å². The van der Waals surface area contributed by atoms with Crippen LogP contribution < -0.4 is 5.32 Å². The summed E-state index contributed by atoms with van der Waals surface area (Å²) in [5.41, 5.74) is 4.16. The Morgan fingerprint density at radius 1 is 1.19 bits per heavy atom. The molecule has 0 bridgehead atoms. The summed E-state index contributed by atoms with van der Waals surface area (Å²) in [6.07, 6.45) is 8.69. The molecule has 2 aliphatic rings. The quantitative estimate of drug-likeness (QED) is 0.608. The minimum atomic E-state index is 0.266. The number of hydrogen-bond donors (Lipinski definition) is 1. The molecule has 2 aromatic heterocycles. The van der Waals surface area contributed by atoms with E-state index in [1.54, 1.807) is 0 Å². The van der Waals surface area contributed by atoms with E-state index in [0.717, 1.165) is 53.2 Å². The van der Waals surface area contributed by atoms with Crippen LogP contribution in [-0.2, 0) is 11.3 Å². The Morgan fingerprint density at radius 3 is 2.87 bits per heavy atom. The van der Waals surface area contributed by atoms with Gasteiger partial charge in [-0.25, -0.2) is 0 Å². The van der Waals surface area contributed by atoms with Crippen LogP contribution in [0.2, 0.25) is 0 Å². The third kappa shape index (κ3) is 4.36. The Balaban J connectivity index is 1.45. The lowest BCUT2D eigenvalue weighted by atomic mass is 9.94. The summed E-state index contributed by atoms with van der Waals surface area (Å²) in [4.78, 5) is 2.37. The first-order chi connectivity index (χ1) is 15.2. The normalized spacial score (nSPS) is 19.8. The van der Waals surface area contributed by atoms with Gasteiger partial charge in [-0.2, -0.15) is 4.52 Å². The van der Waals surface area contributed by atoms with Gasteiger partial charge in [0.15, 0.2) is 10.8 Å². The van der Waals surface area contributed by atoms with Crippen LogP contribution in [0.1, 0.15) is 56.1 Å². The lowest BCUT2D eigenvalue weighted by molar-refractivity contribution is 0.112. The molecule has 1 aliphatic heterocycles. The van der Waals surface area contributed by atoms with Gasteiger partial charge in [-0.15, -0.1) is 5.10 Å². The number of rotatable bonds is 5. The summed E-state index contributed by atoms with van der Waals surface area (Å²) < 4.78 is 7.64. The smallest absolute Gasteiger partial charge is 0.184 e. The maximum Gasteiger partial charge on any atom is 0.184 e. The first-order valence-corrected chi connectivity index (χ1v) is 11.9. The minimum Gasteiger partial charge on any atom is -0.376 e. The number of benzene rings is 1. The molecule has 31 heavy (non-hydrogen) atoms. The molecule has 8 heteroatoms. The summed E-state index contributed by atoms with van der Waals surface area (Å²) in [5, 5.41) is 18.0. The Labute approximate surface area is 188 Å². The topological polar surface area (TPSA) is 67.6 Å². The van der Waals surface area contributed by atoms with Crippen LogP contribution >= 0.6 is 12.2 Å². The number of tetrazole rings is 1. The van der Waals surface area contributed by atoms with E-state index in [2.05, 4.69) is 56.9 Å². The van der Waals surface area contributed by atoms with E-state index >= 15 is 0 Å². The average molecular weight is 439 g/mol.